The molecule has 0 aromatic heterocycles. The van der Waals surface area contributed by atoms with Crippen LogP contribution in [0.15, 0.2) is 18.2 Å². The van der Waals surface area contributed by atoms with Gasteiger partial charge in [-0.1, -0.05) is 12.1 Å². The van der Waals surface area contributed by atoms with Gasteiger partial charge in [0.15, 0.2) is 11.6 Å². The third kappa shape index (κ3) is 2.55. The highest BCUT2D eigenvalue weighted by Gasteiger charge is 2.48. The predicted molar refractivity (Wildman–Crippen MR) is 75.8 cm³/mol. The Kier molecular flexibility index (Phi) is 3.69. The summed E-state index contributed by atoms with van der Waals surface area (Å²) in [6.45, 7) is 5.54. The number of nitrogens with one attached hydrogen (secondary N) is 1. The topological polar surface area (TPSA) is 32.3 Å². The first-order valence-electron chi connectivity index (χ1n) is 7.48. The van der Waals surface area contributed by atoms with Crippen molar-refractivity contribution in [2.45, 2.75) is 38.3 Å². The van der Waals surface area contributed by atoms with Gasteiger partial charge in [0.05, 0.1) is 0 Å². The normalized spacial score (nSPS) is 32.1. The van der Waals surface area contributed by atoms with Gasteiger partial charge in [0.25, 0.3) is 0 Å². The van der Waals surface area contributed by atoms with Gasteiger partial charge in [-0.25, -0.2) is 8.78 Å². The van der Waals surface area contributed by atoms with E-state index in [4.69, 9.17) is 0 Å². The van der Waals surface area contributed by atoms with E-state index in [2.05, 4.69) is 12.2 Å². The molecule has 1 N–H and O–H groups in total. The molecule has 3 nitrogen and oxygen atoms in total. The number of carbonyl (C=O) groups excluding carboxylic acids is 1. The van der Waals surface area contributed by atoms with E-state index in [1.807, 2.05) is 11.8 Å². The lowest BCUT2D eigenvalue weighted by Gasteiger charge is -2.38. The zero-order valence-electron chi connectivity index (χ0n) is 12.3. The first-order valence-corrected chi connectivity index (χ1v) is 7.48. The van der Waals surface area contributed by atoms with E-state index >= 15 is 0 Å². The van der Waals surface area contributed by atoms with Crippen LogP contribution >= 0.6 is 0 Å². The smallest absolute Gasteiger partial charge is 0.226 e. The second kappa shape index (κ2) is 5.37. The van der Waals surface area contributed by atoms with Gasteiger partial charge in [0, 0.05) is 31.1 Å². The lowest BCUT2D eigenvalue weighted by atomic mass is 10.0. The summed E-state index contributed by atoms with van der Waals surface area (Å²) < 4.78 is 27.1. The third-order valence-corrected chi connectivity index (χ3v) is 4.81. The second-order valence-electron chi connectivity index (χ2n) is 6.11. The minimum absolute atomic E-state index is 0.0736. The second-order valence-corrected chi connectivity index (χ2v) is 6.11. The number of halogens is 2. The fourth-order valence-corrected chi connectivity index (χ4v) is 3.20. The van der Waals surface area contributed by atoms with Crippen LogP contribution in [0.4, 0.5) is 8.78 Å². The molecule has 1 aromatic rings. The Morgan fingerprint density at radius 2 is 2.10 bits per heavy atom. The van der Waals surface area contributed by atoms with E-state index in [0.29, 0.717) is 18.5 Å². The van der Waals surface area contributed by atoms with Gasteiger partial charge in [-0.05, 0) is 37.8 Å². The minimum atomic E-state index is -0.838. The minimum Gasteiger partial charge on any atom is -0.337 e. The number of rotatable bonds is 2. The van der Waals surface area contributed by atoms with Crippen molar-refractivity contribution in [3.8, 4) is 0 Å². The van der Waals surface area contributed by atoms with E-state index in [1.54, 1.807) is 6.07 Å². The summed E-state index contributed by atoms with van der Waals surface area (Å²) in [6, 6.07) is 4.58. The van der Waals surface area contributed by atoms with Crippen LogP contribution in [0.2, 0.25) is 0 Å². The Morgan fingerprint density at radius 3 is 2.86 bits per heavy atom. The molecule has 1 saturated carbocycles. The number of hydrogen-bond acceptors (Lipinski definition) is 2. The first kappa shape index (κ1) is 14.4. The van der Waals surface area contributed by atoms with Crippen molar-refractivity contribution in [3.05, 3.63) is 35.4 Å². The quantitative estimate of drug-likeness (QED) is 0.907. The number of amides is 1. The van der Waals surface area contributed by atoms with Gasteiger partial charge >= 0.3 is 0 Å². The third-order valence-electron chi connectivity index (χ3n) is 4.81. The molecule has 0 spiro atoms. The molecule has 1 aliphatic heterocycles. The Labute approximate surface area is 123 Å². The lowest BCUT2D eigenvalue weighted by molar-refractivity contribution is -0.136. The highest BCUT2D eigenvalue weighted by atomic mass is 19.2. The van der Waals surface area contributed by atoms with Crippen molar-refractivity contribution >= 4 is 5.91 Å². The molecule has 1 heterocycles. The molecule has 1 saturated heterocycles. The summed E-state index contributed by atoms with van der Waals surface area (Å²) in [7, 11) is 0. The standard InChI is InChI=1S/C16H20F2N2O/c1-9-10(2)20(7-6-19-9)16(21)13-8-12(13)11-4-3-5-14(17)15(11)18/h3-5,9-10,12-13,19H,6-8H2,1-2H3. The molecule has 114 valence electrons. The van der Waals surface area contributed by atoms with Gasteiger partial charge in [-0.15, -0.1) is 0 Å². The molecular weight excluding hydrogens is 274 g/mol. The maximum absolute atomic E-state index is 13.8. The van der Waals surface area contributed by atoms with Gasteiger partial charge < -0.3 is 10.2 Å². The van der Waals surface area contributed by atoms with Crippen molar-refractivity contribution < 1.29 is 13.6 Å². The monoisotopic (exact) mass is 294 g/mol. The van der Waals surface area contributed by atoms with E-state index in [9.17, 15) is 13.6 Å². The van der Waals surface area contributed by atoms with Crippen LogP contribution < -0.4 is 5.32 Å². The van der Waals surface area contributed by atoms with Crippen molar-refractivity contribution in [1.82, 2.24) is 10.2 Å². The molecular formula is C16H20F2N2O. The average molecular weight is 294 g/mol. The van der Waals surface area contributed by atoms with Crippen LogP contribution in [-0.4, -0.2) is 36.0 Å². The van der Waals surface area contributed by atoms with Crippen LogP contribution in [0.3, 0.4) is 0 Å². The molecule has 5 heteroatoms. The van der Waals surface area contributed by atoms with Gasteiger partial charge in [0.2, 0.25) is 5.91 Å². The van der Waals surface area contributed by atoms with Crippen molar-refractivity contribution in [1.29, 1.82) is 0 Å². The van der Waals surface area contributed by atoms with Crippen molar-refractivity contribution in [2.75, 3.05) is 13.1 Å². The molecule has 0 bridgehead atoms. The molecule has 4 atom stereocenters. The van der Waals surface area contributed by atoms with E-state index in [-0.39, 0.29) is 29.8 Å². The molecule has 2 fully saturated rings. The van der Waals surface area contributed by atoms with E-state index < -0.39 is 11.6 Å². The summed E-state index contributed by atoms with van der Waals surface area (Å²) in [5.74, 6) is -1.95. The molecule has 4 unspecified atom stereocenters. The summed E-state index contributed by atoms with van der Waals surface area (Å²) >= 11 is 0. The van der Waals surface area contributed by atoms with E-state index in [1.165, 1.54) is 6.07 Å². The molecule has 1 amide bonds. The molecule has 1 aliphatic carbocycles. The largest absolute Gasteiger partial charge is 0.337 e. The lowest BCUT2D eigenvalue weighted by Crippen LogP contribution is -2.57. The zero-order chi connectivity index (χ0) is 15.1. The van der Waals surface area contributed by atoms with Crippen molar-refractivity contribution in [3.63, 3.8) is 0 Å². The number of hydrogen-bond donors (Lipinski definition) is 1. The maximum Gasteiger partial charge on any atom is 0.226 e. The van der Waals surface area contributed by atoms with Crippen LogP contribution in [0.1, 0.15) is 31.7 Å². The Morgan fingerprint density at radius 1 is 1.33 bits per heavy atom. The average Bonchev–Trinajstić information content (AvgIpc) is 3.24. The predicted octanol–water partition coefficient (Wildman–Crippen LogP) is 2.28. The van der Waals surface area contributed by atoms with Crippen LogP contribution in [0.5, 0.6) is 0 Å². The van der Waals surface area contributed by atoms with Gasteiger partial charge in [-0.2, -0.15) is 0 Å². The maximum atomic E-state index is 13.8. The summed E-state index contributed by atoms with van der Waals surface area (Å²) in [5.41, 5.74) is 0.337. The summed E-state index contributed by atoms with van der Waals surface area (Å²) in [5, 5.41) is 3.33. The molecule has 3 rings (SSSR count). The number of nitrogens with zero attached hydrogens (tertiary/aromatic N) is 1. The number of carbonyl (C=O) groups is 1. The van der Waals surface area contributed by atoms with Gasteiger partial charge in [0.1, 0.15) is 0 Å². The molecule has 21 heavy (non-hydrogen) atoms. The summed E-state index contributed by atoms with van der Waals surface area (Å²) in [6.07, 6.45) is 0.615. The zero-order valence-corrected chi connectivity index (χ0v) is 12.3. The van der Waals surface area contributed by atoms with Crippen molar-refractivity contribution in [2.24, 2.45) is 5.92 Å². The fraction of sp³-hybridized carbons (Fsp3) is 0.562. The van der Waals surface area contributed by atoms with Crippen LogP contribution in [-0.2, 0) is 4.79 Å². The Bertz CT molecular complexity index is 563. The number of benzene rings is 1. The highest BCUT2D eigenvalue weighted by Crippen LogP contribution is 2.49. The van der Waals surface area contributed by atoms with Gasteiger partial charge in [-0.3, -0.25) is 4.79 Å². The summed E-state index contributed by atoms with van der Waals surface area (Å²) in [4.78, 5) is 14.5. The Balaban J connectivity index is 1.72. The number of piperazine rings is 1. The van der Waals surface area contributed by atoms with E-state index in [0.717, 1.165) is 12.6 Å². The molecule has 0 radical (unpaired) electrons. The Hall–Kier alpha value is -1.49. The van der Waals surface area contributed by atoms with Crippen LogP contribution in [0, 0.1) is 17.6 Å². The molecule has 1 aromatic carbocycles. The first-order chi connectivity index (χ1) is 10.0. The SMILES string of the molecule is CC1NCCN(C(=O)C2CC2c2cccc(F)c2F)C1C. The highest BCUT2D eigenvalue weighted by molar-refractivity contribution is 5.83. The fourth-order valence-electron chi connectivity index (χ4n) is 3.20. The van der Waals surface area contributed by atoms with Crippen LogP contribution in [0.25, 0.3) is 0 Å². The molecule has 2 aliphatic rings.